The molecule has 0 spiro atoms. The predicted molar refractivity (Wildman–Crippen MR) is 155 cm³/mol. The molecule has 40 heavy (non-hydrogen) atoms. The van der Waals surface area contributed by atoms with Gasteiger partial charge in [0.2, 0.25) is 5.76 Å². The van der Waals surface area contributed by atoms with Gasteiger partial charge in [-0.25, -0.2) is 0 Å². The Kier molecular flexibility index (Phi) is 7.74. The van der Waals surface area contributed by atoms with Crippen molar-refractivity contribution in [3.8, 4) is 11.5 Å². The third kappa shape index (κ3) is 4.99. The summed E-state index contributed by atoms with van der Waals surface area (Å²) in [6.45, 7) is 8.44. The number of carbonyl (C=O) groups excluding carboxylic acids is 2. The molecule has 1 aliphatic rings. The van der Waals surface area contributed by atoms with Crippen LogP contribution in [0.2, 0.25) is 0 Å². The van der Waals surface area contributed by atoms with Crippen LogP contribution in [0.15, 0.2) is 69.9 Å². The van der Waals surface area contributed by atoms with Gasteiger partial charge in [0.05, 0.1) is 30.2 Å². The van der Waals surface area contributed by atoms with E-state index in [1.54, 1.807) is 41.3 Å². The first-order chi connectivity index (χ1) is 19.3. The molecule has 0 bridgehead atoms. The number of anilines is 1. The number of carbonyl (C=O) groups is 2. The Hall–Kier alpha value is -4.39. The lowest BCUT2D eigenvalue weighted by atomic mass is 9.97. The summed E-state index contributed by atoms with van der Waals surface area (Å²) in [6.07, 6.45) is 3.10. The van der Waals surface area contributed by atoms with Crippen molar-refractivity contribution in [3.05, 3.63) is 98.9 Å². The van der Waals surface area contributed by atoms with E-state index in [2.05, 4.69) is 6.92 Å². The van der Waals surface area contributed by atoms with Crippen molar-refractivity contribution in [1.29, 1.82) is 0 Å². The van der Waals surface area contributed by atoms with Gasteiger partial charge < -0.3 is 13.9 Å². The molecule has 3 aromatic carbocycles. The van der Waals surface area contributed by atoms with Crippen LogP contribution in [0, 0.1) is 6.92 Å². The molecule has 7 heteroatoms. The highest BCUT2D eigenvalue weighted by Gasteiger charge is 2.44. The number of aryl methyl sites for hydroxylation is 1. The highest BCUT2D eigenvalue weighted by Crippen LogP contribution is 2.43. The number of hydrogen-bond acceptors (Lipinski definition) is 6. The first kappa shape index (κ1) is 27.2. The Bertz CT molecular complexity index is 1640. The molecule has 0 saturated carbocycles. The molecule has 0 N–H and O–H groups in total. The van der Waals surface area contributed by atoms with Crippen LogP contribution in [0.5, 0.6) is 11.5 Å². The quantitative estimate of drug-likeness (QED) is 0.159. The van der Waals surface area contributed by atoms with Gasteiger partial charge in [0, 0.05) is 11.3 Å². The van der Waals surface area contributed by atoms with Gasteiger partial charge in [0.15, 0.2) is 22.7 Å². The van der Waals surface area contributed by atoms with E-state index in [1.807, 2.05) is 38.1 Å². The first-order valence-corrected chi connectivity index (χ1v) is 13.8. The second kappa shape index (κ2) is 11.4. The van der Waals surface area contributed by atoms with E-state index < -0.39 is 11.9 Å². The minimum Gasteiger partial charge on any atom is -0.490 e. The second-order valence-corrected chi connectivity index (χ2v) is 10.0. The highest BCUT2D eigenvalue weighted by molar-refractivity contribution is 6.11. The average Bonchev–Trinajstić information content (AvgIpc) is 3.24. The van der Waals surface area contributed by atoms with Gasteiger partial charge in [-0.15, -0.1) is 0 Å². The van der Waals surface area contributed by atoms with Crippen LogP contribution in [-0.2, 0) is 0 Å². The minimum atomic E-state index is -0.764. The molecule has 5 rings (SSSR count). The van der Waals surface area contributed by atoms with Crippen molar-refractivity contribution in [2.24, 2.45) is 0 Å². The molecule has 0 aliphatic carbocycles. The molecule has 7 nitrogen and oxygen atoms in total. The van der Waals surface area contributed by atoms with Gasteiger partial charge in [-0.05, 0) is 81.3 Å². The van der Waals surface area contributed by atoms with E-state index in [4.69, 9.17) is 13.9 Å². The number of ether oxygens (including phenoxy) is 2. The van der Waals surface area contributed by atoms with Gasteiger partial charge in [-0.3, -0.25) is 19.3 Å². The Morgan fingerprint density at radius 1 is 0.925 bits per heavy atom. The van der Waals surface area contributed by atoms with Gasteiger partial charge in [-0.1, -0.05) is 37.5 Å². The predicted octanol–water partition coefficient (Wildman–Crippen LogP) is 7.02. The number of ketones is 1. The summed E-state index contributed by atoms with van der Waals surface area (Å²) in [5.41, 5.74) is 3.07. The summed E-state index contributed by atoms with van der Waals surface area (Å²) >= 11 is 0. The molecular formula is C33H33NO6. The molecule has 0 saturated heterocycles. The number of fused-ring (bicyclic) bond motifs is 2. The zero-order valence-corrected chi connectivity index (χ0v) is 23.3. The van der Waals surface area contributed by atoms with E-state index in [-0.39, 0.29) is 22.5 Å². The summed E-state index contributed by atoms with van der Waals surface area (Å²) in [6, 6.07) is 16.9. The Morgan fingerprint density at radius 3 is 2.40 bits per heavy atom. The zero-order valence-electron chi connectivity index (χ0n) is 23.3. The molecule has 2 heterocycles. The van der Waals surface area contributed by atoms with Crippen molar-refractivity contribution in [2.75, 3.05) is 18.1 Å². The second-order valence-electron chi connectivity index (χ2n) is 10.0. The van der Waals surface area contributed by atoms with Gasteiger partial charge >= 0.3 is 0 Å². The number of nitrogens with zero attached hydrogens (tertiary/aromatic N) is 1. The third-order valence-corrected chi connectivity index (χ3v) is 7.17. The van der Waals surface area contributed by atoms with Crippen molar-refractivity contribution < 1.29 is 23.5 Å². The monoisotopic (exact) mass is 539 g/mol. The van der Waals surface area contributed by atoms with Gasteiger partial charge in [0.1, 0.15) is 5.58 Å². The SMILES string of the molecule is CCCCCOc1ccc(C2c3c(oc4ccc(C)cc4c3=O)C(=O)N2c2ccc(C(C)=O)cc2)cc1OCC. The maximum atomic E-state index is 14.0. The lowest BCUT2D eigenvalue weighted by Crippen LogP contribution is -2.29. The van der Waals surface area contributed by atoms with Crippen LogP contribution in [0.4, 0.5) is 5.69 Å². The van der Waals surface area contributed by atoms with E-state index in [0.29, 0.717) is 52.5 Å². The lowest BCUT2D eigenvalue weighted by Gasteiger charge is -2.26. The highest BCUT2D eigenvalue weighted by atomic mass is 16.5. The summed E-state index contributed by atoms with van der Waals surface area (Å²) in [4.78, 5) is 41.3. The molecular weight excluding hydrogens is 506 g/mol. The summed E-state index contributed by atoms with van der Waals surface area (Å²) in [5.74, 6) is 0.677. The fourth-order valence-corrected chi connectivity index (χ4v) is 5.14. The fraction of sp³-hybridized carbons (Fsp3) is 0.303. The lowest BCUT2D eigenvalue weighted by molar-refractivity contribution is 0.0970. The van der Waals surface area contributed by atoms with Gasteiger partial charge in [-0.2, -0.15) is 0 Å². The number of Topliss-reactive ketones (excluding diaryl/α,β-unsaturated/α-hetero) is 1. The fourth-order valence-electron chi connectivity index (χ4n) is 5.14. The number of unbranched alkanes of at least 4 members (excludes halogenated alkanes) is 2. The Balaban J connectivity index is 1.67. The Morgan fingerprint density at radius 2 is 1.70 bits per heavy atom. The summed E-state index contributed by atoms with van der Waals surface area (Å²) < 4.78 is 18.1. The van der Waals surface area contributed by atoms with Crippen molar-refractivity contribution in [1.82, 2.24) is 0 Å². The minimum absolute atomic E-state index is 0.0137. The van der Waals surface area contributed by atoms with Crippen molar-refractivity contribution in [3.63, 3.8) is 0 Å². The van der Waals surface area contributed by atoms with E-state index in [1.165, 1.54) is 6.92 Å². The standard InChI is InChI=1S/C33H33NO6/c1-5-7-8-17-39-27-16-12-23(19-28(27)38-6-2)30-29-31(36)25-18-20(3)9-15-26(25)40-32(29)33(37)34(30)24-13-10-22(11-14-24)21(4)35/h9-16,18-19,30H,5-8,17H2,1-4H3. The molecule has 1 atom stereocenters. The third-order valence-electron chi connectivity index (χ3n) is 7.17. The number of benzene rings is 3. The smallest absolute Gasteiger partial charge is 0.295 e. The topological polar surface area (TPSA) is 86.0 Å². The molecule has 206 valence electrons. The molecule has 4 aromatic rings. The van der Waals surface area contributed by atoms with E-state index in [9.17, 15) is 14.4 Å². The maximum Gasteiger partial charge on any atom is 0.295 e. The van der Waals surface area contributed by atoms with E-state index >= 15 is 0 Å². The van der Waals surface area contributed by atoms with Crippen LogP contribution >= 0.6 is 0 Å². The number of amides is 1. The van der Waals surface area contributed by atoms with Crippen LogP contribution in [0.25, 0.3) is 11.0 Å². The number of rotatable bonds is 10. The van der Waals surface area contributed by atoms with Crippen molar-refractivity contribution in [2.45, 2.75) is 53.0 Å². The maximum absolute atomic E-state index is 14.0. The molecule has 1 amide bonds. The largest absolute Gasteiger partial charge is 0.490 e. The van der Waals surface area contributed by atoms with E-state index in [0.717, 1.165) is 24.8 Å². The molecule has 1 aliphatic heterocycles. The Labute approximate surface area is 233 Å². The molecule has 1 unspecified atom stereocenters. The average molecular weight is 540 g/mol. The summed E-state index contributed by atoms with van der Waals surface area (Å²) in [5, 5.41) is 0.422. The summed E-state index contributed by atoms with van der Waals surface area (Å²) in [7, 11) is 0. The van der Waals surface area contributed by atoms with Crippen LogP contribution < -0.4 is 19.8 Å². The normalized spacial score (nSPS) is 14.4. The van der Waals surface area contributed by atoms with Gasteiger partial charge in [0.25, 0.3) is 5.91 Å². The van der Waals surface area contributed by atoms with Crippen LogP contribution in [-0.4, -0.2) is 24.9 Å². The van der Waals surface area contributed by atoms with Crippen LogP contribution in [0.3, 0.4) is 0 Å². The molecule has 0 fully saturated rings. The first-order valence-electron chi connectivity index (χ1n) is 13.8. The zero-order chi connectivity index (χ0) is 28.4. The van der Waals surface area contributed by atoms with Crippen LogP contribution in [0.1, 0.15) is 83.7 Å². The van der Waals surface area contributed by atoms with Crippen molar-refractivity contribution >= 4 is 28.3 Å². The molecule has 1 aromatic heterocycles. The molecule has 0 radical (unpaired) electrons. The number of hydrogen-bond donors (Lipinski definition) is 0.